The molecule has 0 saturated heterocycles. The van der Waals surface area contributed by atoms with E-state index in [4.69, 9.17) is 5.26 Å². The molecule has 1 aliphatic rings. The predicted octanol–water partition coefficient (Wildman–Crippen LogP) is 2.87. The summed E-state index contributed by atoms with van der Waals surface area (Å²) in [5.74, 6) is 0.787. The molecule has 1 aromatic heterocycles. The SMILES string of the molecule is N#Cc1cnc(NC2CCCCCCC2)cn1. The normalized spacial score (nSPS) is 17.8. The van der Waals surface area contributed by atoms with Crippen molar-refractivity contribution in [3.05, 3.63) is 18.1 Å². The van der Waals surface area contributed by atoms with E-state index < -0.39 is 0 Å². The average Bonchev–Trinajstić information content (AvgIpc) is 2.33. The van der Waals surface area contributed by atoms with E-state index in [1.54, 1.807) is 6.20 Å². The fraction of sp³-hybridized carbons (Fsp3) is 0.615. The molecule has 0 spiro atoms. The standard InChI is InChI=1S/C13H18N4/c14-8-12-9-16-13(10-15-12)17-11-6-4-2-1-3-5-7-11/h9-11H,1-7H2,(H,16,17). The maximum absolute atomic E-state index is 8.65. The summed E-state index contributed by atoms with van der Waals surface area (Å²) in [4.78, 5) is 8.22. The Labute approximate surface area is 102 Å². The molecule has 1 heterocycles. The Kier molecular flexibility index (Phi) is 4.31. The predicted molar refractivity (Wildman–Crippen MR) is 66.5 cm³/mol. The number of hydrogen-bond acceptors (Lipinski definition) is 4. The highest BCUT2D eigenvalue weighted by molar-refractivity contribution is 5.34. The second kappa shape index (κ2) is 6.19. The summed E-state index contributed by atoms with van der Waals surface area (Å²) in [6.45, 7) is 0. The van der Waals surface area contributed by atoms with Gasteiger partial charge >= 0.3 is 0 Å². The summed E-state index contributed by atoms with van der Waals surface area (Å²) in [7, 11) is 0. The molecule has 1 aromatic rings. The highest BCUT2D eigenvalue weighted by atomic mass is 15.0. The van der Waals surface area contributed by atoms with E-state index in [2.05, 4.69) is 15.3 Å². The Morgan fingerprint density at radius 1 is 1.06 bits per heavy atom. The molecule has 90 valence electrons. The van der Waals surface area contributed by atoms with E-state index in [0.717, 1.165) is 5.82 Å². The zero-order valence-electron chi connectivity index (χ0n) is 10.0. The lowest BCUT2D eigenvalue weighted by Crippen LogP contribution is -2.21. The molecule has 4 nitrogen and oxygen atoms in total. The van der Waals surface area contributed by atoms with Gasteiger partial charge in [0.15, 0.2) is 5.69 Å². The Bertz CT molecular complexity index is 371. The van der Waals surface area contributed by atoms with Gasteiger partial charge in [-0.3, -0.25) is 0 Å². The van der Waals surface area contributed by atoms with E-state index in [1.165, 1.54) is 51.1 Å². The molecule has 1 fully saturated rings. The van der Waals surface area contributed by atoms with Crippen LogP contribution in [0.4, 0.5) is 5.82 Å². The number of nitrogens with one attached hydrogen (secondary N) is 1. The quantitative estimate of drug-likeness (QED) is 0.848. The fourth-order valence-electron chi connectivity index (χ4n) is 2.27. The lowest BCUT2D eigenvalue weighted by Gasteiger charge is -2.21. The molecule has 0 bridgehead atoms. The van der Waals surface area contributed by atoms with E-state index in [0.29, 0.717) is 11.7 Å². The highest BCUT2D eigenvalue weighted by Crippen LogP contribution is 2.19. The van der Waals surface area contributed by atoms with Crippen molar-refractivity contribution in [2.45, 2.75) is 51.0 Å². The summed E-state index contributed by atoms with van der Waals surface area (Å²) in [5, 5.41) is 12.1. The number of anilines is 1. The van der Waals surface area contributed by atoms with Crippen molar-refractivity contribution in [2.24, 2.45) is 0 Å². The molecule has 2 rings (SSSR count). The van der Waals surface area contributed by atoms with Gasteiger partial charge in [-0.05, 0) is 12.8 Å². The molecule has 0 radical (unpaired) electrons. The topological polar surface area (TPSA) is 61.6 Å². The second-order valence-electron chi connectivity index (χ2n) is 4.59. The van der Waals surface area contributed by atoms with Gasteiger partial charge in [-0.15, -0.1) is 0 Å². The largest absolute Gasteiger partial charge is 0.366 e. The molecule has 0 atom stereocenters. The van der Waals surface area contributed by atoms with Crippen LogP contribution in [0.5, 0.6) is 0 Å². The van der Waals surface area contributed by atoms with Crippen molar-refractivity contribution in [3.63, 3.8) is 0 Å². The molecular formula is C13H18N4. The molecule has 0 aliphatic heterocycles. The van der Waals surface area contributed by atoms with Gasteiger partial charge in [0.1, 0.15) is 11.9 Å². The van der Waals surface area contributed by atoms with Crippen molar-refractivity contribution in [3.8, 4) is 6.07 Å². The third-order valence-electron chi connectivity index (χ3n) is 3.22. The summed E-state index contributed by atoms with van der Waals surface area (Å²) in [6, 6.07) is 2.49. The lowest BCUT2D eigenvalue weighted by molar-refractivity contribution is 0.470. The third kappa shape index (κ3) is 3.70. The molecule has 1 saturated carbocycles. The number of nitrogens with zero attached hydrogens (tertiary/aromatic N) is 3. The van der Waals surface area contributed by atoms with E-state index >= 15 is 0 Å². The monoisotopic (exact) mass is 230 g/mol. The number of aromatic nitrogens is 2. The van der Waals surface area contributed by atoms with Gasteiger partial charge in [-0.1, -0.05) is 32.1 Å². The average molecular weight is 230 g/mol. The summed E-state index contributed by atoms with van der Waals surface area (Å²) >= 11 is 0. The molecule has 0 amide bonds. The Hall–Kier alpha value is -1.63. The van der Waals surface area contributed by atoms with Crippen LogP contribution in [0.1, 0.15) is 50.6 Å². The van der Waals surface area contributed by atoms with Crippen LogP contribution in [0.2, 0.25) is 0 Å². The second-order valence-corrected chi connectivity index (χ2v) is 4.59. The summed E-state index contributed by atoms with van der Waals surface area (Å²) in [5.41, 5.74) is 0.369. The van der Waals surface area contributed by atoms with Crippen LogP contribution in [0.25, 0.3) is 0 Å². The van der Waals surface area contributed by atoms with Crippen LogP contribution in [0.3, 0.4) is 0 Å². The van der Waals surface area contributed by atoms with Crippen LogP contribution in [-0.4, -0.2) is 16.0 Å². The van der Waals surface area contributed by atoms with Crippen molar-refractivity contribution < 1.29 is 0 Å². The lowest BCUT2D eigenvalue weighted by atomic mass is 9.97. The van der Waals surface area contributed by atoms with Crippen LogP contribution >= 0.6 is 0 Å². The van der Waals surface area contributed by atoms with Gasteiger partial charge in [0, 0.05) is 6.04 Å². The molecule has 1 aliphatic carbocycles. The van der Waals surface area contributed by atoms with Crippen molar-refractivity contribution in [1.82, 2.24) is 9.97 Å². The third-order valence-corrected chi connectivity index (χ3v) is 3.22. The van der Waals surface area contributed by atoms with Crippen LogP contribution in [0, 0.1) is 11.3 Å². The first-order valence-electron chi connectivity index (χ1n) is 6.37. The first-order chi connectivity index (χ1) is 8.38. The van der Waals surface area contributed by atoms with Gasteiger partial charge in [0.2, 0.25) is 0 Å². The maximum Gasteiger partial charge on any atom is 0.158 e. The molecule has 1 N–H and O–H groups in total. The van der Waals surface area contributed by atoms with Gasteiger partial charge in [-0.25, -0.2) is 9.97 Å². The minimum Gasteiger partial charge on any atom is -0.366 e. The van der Waals surface area contributed by atoms with Crippen LogP contribution in [-0.2, 0) is 0 Å². The number of rotatable bonds is 2. The van der Waals surface area contributed by atoms with Crippen molar-refractivity contribution >= 4 is 5.82 Å². The highest BCUT2D eigenvalue weighted by Gasteiger charge is 2.11. The van der Waals surface area contributed by atoms with Crippen LogP contribution in [0.15, 0.2) is 12.4 Å². The number of hydrogen-bond donors (Lipinski definition) is 1. The van der Waals surface area contributed by atoms with E-state index in [1.807, 2.05) is 6.07 Å². The maximum atomic E-state index is 8.65. The molecule has 4 heteroatoms. The molecular weight excluding hydrogens is 212 g/mol. The summed E-state index contributed by atoms with van der Waals surface area (Å²) < 4.78 is 0. The minimum atomic E-state index is 0.369. The summed E-state index contributed by atoms with van der Waals surface area (Å²) in [6.07, 6.45) is 12.2. The zero-order chi connectivity index (χ0) is 11.9. The first kappa shape index (κ1) is 11.8. The Balaban J connectivity index is 1.91. The van der Waals surface area contributed by atoms with Gasteiger partial charge < -0.3 is 5.32 Å². The molecule has 0 aromatic carbocycles. The Morgan fingerprint density at radius 2 is 1.76 bits per heavy atom. The van der Waals surface area contributed by atoms with Gasteiger partial charge in [0.05, 0.1) is 12.4 Å². The van der Waals surface area contributed by atoms with Crippen LogP contribution < -0.4 is 5.32 Å². The van der Waals surface area contributed by atoms with E-state index in [-0.39, 0.29) is 0 Å². The van der Waals surface area contributed by atoms with Gasteiger partial charge in [-0.2, -0.15) is 5.26 Å². The first-order valence-corrected chi connectivity index (χ1v) is 6.37. The van der Waals surface area contributed by atoms with E-state index in [9.17, 15) is 0 Å². The number of nitriles is 1. The Morgan fingerprint density at radius 3 is 2.35 bits per heavy atom. The zero-order valence-corrected chi connectivity index (χ0v) is 10.0. The molecule has 0 unspecified atom stereocenters. The van der Waals surface area contributed by atoms with Gasteiger partial charge in [0.25, 0.3) is 0 Å². The van der Waals surface area contributed by atoms with Crippen molar-refractivity contribution in [1.29, 1.82) is 5.26 Å². The molecule has 17 heavy (non-hydrogen) atoms. The van der Waals surface area contributed by atoms with Crippen molar-refractivity contribution in [2.75, 3.05) is 5.32 Å². The minimum absolute atomic E-state index is 0.369. The fourth-order valence-corrected chi connectivity index (χ4v) is 2.27. The smallest absolute Gasteiger partial charge is 0.158 e.